The van der Waals surface area contributed by atoms with Crippen LogP contribution in [0.15, 0.2) is 66.9 Å². The summed E-state index contributed by atoms with van der Waals surface area (Å²) in [4.78, 5) is 42.7. The van der Waals surface area contributed by atoms with Crippen LogP contribution in [0, 0.1) is 12.7 Å². The van der Waals surface area contributed by atoms with Crippen LogP contribution in [-0.2, 0) is 4.79 Å². The van der Waals surface area contributed by atoms with Crippen molar-refractivity contribution in [1.82, 2.24) is 20.1 Å². The zero-order valence-electron chi connectivity index (χ0n) is 24.0. The Labute approximate surface area is 253 Å². The summed E-state index contributed by atoms with van der Waals surface area (Å²) in [6.07, 6.45) is 1.29. The first-order valence-corrected chi connectivity index (χ1v) is 13.5. The summed E-state index contributed by atoms with van der Waals surface area (Å²) in [5.41, 5.74) is 6.44. The van der Waals surface area contributed by atoms with Gasteiger partial charge in [0.1, 0.15) is 17.1 Å². The maximum absolute atomic E-state index is 14.0. The number of nitrogens with zero attached hydrogens (tertiary/aromatic N) is 3. The second-order valence-electron chi connectivity index (χ2n) is 10.8. The number of para-hydroxylation sites is 1. The molecular weight excluding hydrogens is 593 g/mol. The summed E-state index contributed by atoms with van der Waals surface area (Å²) < 4.78 is 52.3. The molecule has 0 radical (unpaired) electrons. The molecule has 1 aliphatic heterocycles. The van der Waals surface area contributed by atoms with Gasteiger partial charge in [0.2, 0.25) is 5.78 Å². The number of anilines is 2. The van der Waals surface area contributed by atoms with Gasteiger partial charge in [0, 0.05) is 10.9 Å². The van der Waals surface area contributed by atoms with Gasteiger partial charge in [-0.1, -0.05) is 12.1 Å². The summed E-state index contributed by atoms with van der Waals surface area (Å²) in [5.74, 6) is -1.70. The topological polar surface area (TPSA) is 145 Å². The van der Waals surface area contributed by atoms with Crippen LogP contribution in [0.5, 0.6) is 17.2 Å². The van der Waals surface area contributed by atoms with E-state index in [-0.39, 0.29) is 34.0 Å². The molecule has 0 saturated carbocycles. The first-order valence-electron chi connectivity index (χ1n) is 13.5. The number of fused-ring (bicyclic) bond motifs is 1. The number of imide groups is 1. The number of aromatic nitrogens is 3. The first-order chi connectivity index (χ1) is 21.3. The van der Waals surface area contributed by atoms with Gasteiger partial charge in [0.05, 0.1) is 28.8 Å². The minimum atomic E-state index is -3.25. The molecule has 4 N–H and O–H groups in total. The Morgan fingerprint density at radius 1 is 1.02 bits per heavy atom. The maximum Gasteiger partial charge on any atom is 0.387 e. The third-order valence-electron chi connectivity index (χ3n) is 7.27. The Bertz CT molecular complexity index is 2020. The maximum atomic E-state index is 14.0. The minimum absolute atomic E-state index is 0.0218. The van der Waals surface area contributed by atoms with Crippen LogP contribution < -0.4 is 25.4 Å². The molecule has 0 unspecified atom stereocenters. The molecule has 230 valence electrons. The lowest BCUT2D eigenvalue weighted by atomic mass is 10.1. The Hall–Kier alpha value is -5.79. The highest BCUT2D eigenvalue weighted by atomic mass is 19.3. The van der Waals surface area contributed by atoms with E-state index in [2.05, 4.69) is 20.1 Å². The zero-order valence-corrected chi connectivity index (χ0v) is 24.0. The molecule has 11 nitrogen and oxygen atoms in total. The van der Waals surface area contributed by atoms with Gasteiger partial charge in [0.15, 0.2) is 17.3 Å². The van der Waals surface area contributed by atoms with Gasteiger partial charge in [0.25, 0.3) is 5.91 Å². The van der Waals surface area contributed by atoms with E-state index in [9.17, 15) is 27.6 Å². The third kappa shape index (κ3) is 5.19. The number of amides is 3. The van der Waals surface area contributed by atoms with E-state index in [0.29, 0.717) is 22.4 Å². The van der Waals surface area contributed by atoms with E-state index in [4.69, 9.17) is 10.5 Å². The molecule has 0 spiro atoms. The highest BCUT2D eigenvalue weighted by Crippen LogP contribution is 2.38. The second kappa shape index (κ2) is 10.7. The van der Waals surface area contributed by atoms with Crippen molar-refractivity contribution in [2.75, 3.05) is 10.6 Å². The molecule has 3 aromatic carbocycles. The predicted octanol–water partition coefficient (Wildman–Crippen LogP) is 5.84. The van der Waals surface area contributed by atoms with Crippen LogP contribution >= 0.6 is 0 Å². The van der Waals surface area contributed by atoms with Gasteiger partial charge in [-0.05, 0) is 74.9 Å². The van der Waals surface area contributed by atoms with Gasteiger partial charge in [-0.25, -0.2) is 18.8 Å². The summed E-state index contributed by atoms with van der Waals surface area (Å²) in [6.45, 7) is 1.48. The number of H-pyrrole nitrogens is 1. The normalized spacial score (nSPS) is 14.3. The largest absolute Gasteiger partial charge is 0.454 e. The van der Waals surface area contributed by atoms with E-state index in [1.165, 1.54) is 55.1 Å². The van der Waals surface area contributed by atoms with Gasteiger partial charge >= 0.3 is 12.6 Å². The number of rotatable bonds is 8. The lowest BCUT2D eigenvalue weighted by Gasteiger charge is -2.19. The molecule has 0 atom stereocenters. The average Bonchev–Trinajstić information content (AvgIpc) is 3.62. The number of ketones is 1. The Balaban J connectivity index is 1.32. The number of carbonyl (C=O) groups is 3. The predicted molar refractivity (Wildman–Crippen MR) is 158 cm³/mol. The van der Waals surface area contributed by atoms with Crippen molar-refractivity contribution in [2.45, 2.75) is 32.9 Å². The fourth-order valence-corrected chi connectivity index (χ4v) is 5.06. The number of nitrogens with two attached hydrogens (primary N) is 1. The number of urea groups is 1. The van der Waals surface area contributed by atoms with Crippen molar-refractivity contribution in [3.8, 4) is 22.9 Å². The van der Waals surface area contributed by atoms with Crippen LogP contribution in [0.3, 0.4) is 0 Å². The van der Waals surface area contributed by atoms with Crippen molar-refractivity contribution in [3.05, 3.63) is 89.5 Å². The highest BCUT2D eigenvalue weighted by molar-refractivity contribution is 6.24. The fourth-order valence-electron chi connectivity index (χ4n) is 5.06. The molecule has 5 aromatic rings. The Morgan fingerprint density at radius 3 is 2.44 bits per heavy atom. The second-order valence-corrected chi connectivity index (χ2v) is 10.8. The summed E-state index contributed by atoms with van der Waals surface area (Å²) in [5, 5.41) is 7.08. The molecular formula is C31H25F3N6O5. The van der Waals surface area contributed by atoms with Gasteiger partial charge in [-0.15, -0.1) is 0 Å². The van der Waals surface area contributed by atoms with Crippen molar-refractivity contribution < 1.29 is 37.0 Å². The lowest BCUT2D eigenvalue weighted by molar-refractivity contribution is -0.121. The molecule has 2 aromatic heterocycles. The third-order valence-corrected chi connectivity index (χ3v) is 7.27. The van der Waals surface area contributed by atoms with Crippen LogP contribution in [0.25, 0.3) is 16.6 Å². The Kier molecular flexibility index (Phi) is 6.99. The summed E-state index contributed by atoms with van der Waals surface area (Å²) >= 11 is 0. The molecule has 3 amide bonds. The molecule has 0 aliphatic carbocycles. The molecule has 3 heterocycles. The van der Waals surface area contributed by atoms with Crippen molar-refractivity contribution >= 4 is 40.1 Å². The van der Waals surface area contributed by atoms with Crippen LogP contribution in [0.1, 0.15) is 35.5 Å². The van der Waals surface area contributed by atoms with E-state index in [1.54, 1.807) is 37.3 Å². The molecule has 14 heteroatoms. The number of nitrogens with one attached hydrogen (secondary N) is 2. The SMILES string of the molecule is Cc1cc(Oc2ccccc2F)ccc1-n1ncc(C(=O)c2cc3cc(OC(F)F)c(N4C(=O)NC(C)(C)C4=O)cc3[nH]2)c1N. The fraction of sp³-hybridized carbons (Fsp3) is 0.161. The number of halogens is 3. The van der Waals surface area contributed by atoms with Crippen molar-refractivity contribution in [3.63, 3.8) is 0 Å². The summed E-state index contributed by atoms with van der Waals surface area (Å²) in [7, 11) is 0. The number of aryl methyl sites for hydroxylation is 1. The number of benzene rings is 3. The number of aromatic amines is 1. The van der Waals surface area contributed by atoms with Crippen LogP contribution in [0.4, 0.5) is 29.5 Å². The average molecular weight is 619 g/mol. The first kappa shape index (κ1) is 29.3. The highest BCUT2D eigenvalue weighted by Gasteiger charge is 2.46. The quantitative estimate of drug-likeness (QED) is 0.146. The van der Waals surface area contributed by atoms with Crippen molar-refractivity contribution in [2.24, 2.45) is 0 Å². The van der Waals surface area contributed by atoms with Crippen molar-refractivity contribution in [1.29, 1.82) is 0 Å². The van der Waals surface area contributed by atoms with E-state index in [0.717, 1.165) is 4.90 Å². The van der Waals surface area contributed by atoms with E-state index >= 15 is 0 Å². The van der Waals surface area contributed by atoms with Crippen LogP contribution in [-0.4, -0.2) is 44.6 Å². The van der Waals surface area contributed by atoms with Gasteiger partial charge < -0.3 is 25.5 Å². The number of nitrogen functional groups attached to an aromatic ring is 1. The minimum Gasteiger partial charge on any atom is -0.454 e. The number of hydrogen-bond donors (Lipinski definition) is 3. The lowest BCUT2D eigenvalue weighted by Crippen LogP contribution is -2.40. The number of carbonyl (C=O) groups excluding carboxylic acids is 3. The number of alkyl halides is 2. The van der Waals surface area contributed by atoms with E-state index < -0.39 is 41.4 Å². The monoisotopic (exact) mass is 618 g/mol. The number of ether oxygens (including phenoxy) is 2. The summed E-state index contributed by atoms with van der Waals surface area (Å²) in [6, 6.07) is 14.0. The molecule has 1 aliphatic rings. The standard InChI is InChI=1S/C31H25F3N6O5/c1-15-10-17(44-24-7-5-4-6-19(24)32)8-9-22(15)40-27(35)18(14-36-40)26(41)21-11-16-12-25(45-29(33)34)23(13-20(16)37-21)39-28(42)31(2,3)38-30(39)43/h4-14,29,37H,35H2,1-3H3,(H,38,43). The van der Waals surface area contributed by atoms with Crippen LogP contribution in [0.2, 0.25) is 0 Å². The van der Waals surface area contributed by atoms with Gasteiger partial charge in [-0.2, -0.15) is 13.9 Å². The number of hydrogen-bond acceptors (Lipinski definition) is 7. The van der Waals surface area contributed by atoms with Gasteiger partial charge in [-0.3, -0.25) is 9.59 Å². The Morgan fingerprint density at radius 2 is 1.78 bits per heavy atom. The van der Waals surface area contributed by atoms with E-state index in [1.807, 2.05) is 0 Å². The zero-order chi connectivity index (χ0) is 32.2. The molecule has 6 rings (SSSR count). The molecule has 1 fully saturated rings. The molecule has 0 bridgehead atoms. The molecule has 45 heavy (non-hydrogen) atoms. The smallest absolute Gasteiger partial charge is 0.387 e. The molecule has 1 saturated heterocycles.